The fourth-order valence-corrected chi connectivity index (χ4v) is 2.78. The lowest BCUT2D eigenvalue weighted by atomic mass is 10.0. The summed E-state index contributed by atoms with van der Waals surface area (Å²) in [6.45, 7) is 8.23. The Bertz CT molecular complexity index is 599. The number of hydrogen-bond acceptors (Lipinski definition) is 2. The van der Waals surface area contributed by atoms with E-state index in [-0.39, 0.29) is 11.8 Å². The van der Waals surface area contributed by atoms with Gasteiger partial charge in [-0.25, -0.2) is 0 Å². The molecule has 0 radical (unpaired) electrons. The van der Waals surface area contributed by atoms with Crippen molar-refractivity contribution < 1.29 is 4.79 Å². The third kappa shape index (κ3) is 2.53. The molecule has 0 bridgehead atoms. The molecule has 106 valence electrons. The quantitative estimate of drug-likeness (QED) is 0.772. The molecule has 0 saturated heterocycles. The van der Waals surface area contributed by atoms with Crippen molar-refractivity contribution in [2.45, 2.75) is 46.6 Å². The predicted octanol–water partition coefficient (Wildman–Crippen LogP) is 3.90. The molecule has 1 heterocycles. The first-order chi connectivity index (χ1) is 9.60. The van der Waals surface area contributed by atoms with Crippen LogP contribution in [0.3, 0.4) is 0 Å². The van der Waals surface area contributed by atoms with Crippen molar-refractivity contribution in [1.82, 2.24) is 9.78 Å². The molecule has 0 N–H and O–H groups in total. The molecule has 0 aliphatic heterocycles. The van der Waals surface area contributed by atoms with Crippen LogP contribution in [0.15, 0.2) is 30.3 Å². The van der Waals surface area contributed by atoms with Crippen LogP contribution in [0.2, 0.25) is 0 Å². The molecule has 1 aromatic carbocycles. The van der Waals surface area contributed by atoms with Crippen LogP contribution in [0.25, 0.3) is 0 Å². The van der Waals surface area contributed by atoms with Crippen LogP contribution in [0.4, 0.5) is 0 Å². The normalized spacial score (nSPS) is 12.4. The largest absolute Gasteiger partial charge is 0.292 e. The molecule has 0 amide bonds. The minimum atomic E-state index is -0.212. The Hall–Kier alpha value is -1.90. The maximum atomic E-state index is 12.7. The van der Waals surface area contributed by atoms with Crippen LogP contribution in [-0.4, -0.2) is 15.6 Å². The van der Waals surface area contributed by atoms with E-state index in [1.54, 1.807) is 0 Å². The number of carbonyl (C=O) groups excluding carboxylic acids is 1. The highest BCUT2D eigenvalue weighted by Crippen LogP contribution is 2.23. The number of benzene rings is 1. The summed E-state index contributed by atoms with van der Waals surface area (Å²) < 4.78 is 1.91. The third-order valence-corrected chi connectivity index (χ3v) is 3.87. The van der Waals surface area contributed by atoms with Gasteiger partial charge in [0.05, 0.1) is 5.69 Å². The van der Waals surface area contributed by atoms with Crippen molar-refractivity contribution in [2.75, 3.05) is 0 Å². The first-order valence-electron chi connectivity index (χ1n) is 7.23. The van der Waals surface area contributed by atoms with Gasteiger partial charge in [0, 0.05) is 11.3 Å². The van der Waals surface area contributed by atoms with Gasteiger partial charge in [-0.15, -0.1) is 0 Å². The van der Waals surface area contributed by atoms with Crippen LogP contribution in [0.5, 0.6) is 0 Å². The van der Waals surface area contributed by atoms with Crippen molar-refractivity contribution >= 4 is 5.78 Å². The summed E-state index contributed by atoms with van der Waals surface area (Å²) in [6, 6.07) is 9.26. The highest BCUT2D eigenvalue weighted by Gasteiger charge is 2.24. The Labute approximate surface area is 120 Å². The number of ketones is 1. The zero-order valence-electron chi connectivity index (χ0n) is 12.7. The van der Waals surface area contributed by atoms with Gasteiger partial charge in [-0.2, -0.15) is 5.10 Å². The second-order valence-electron chi connectivity index (χ2n) is 5.10. The van der Waals surface area contributed by atoms with E-state index in [4.69, 9.17) is 0 Å². The molecule has 0 aliphatic rings. The molecule has 0 spiro atoms. The van der Waals surface area contributed by atoms with Crippen LogP contribution in [0, 0.1) is 13.8 Å². The fraction of sp³-hybridized carbons (Fsp3) is 0.412. The van der Waals surface area contributed by atoms with E-state index in [9.17, 15) is 4.79 Å². The lowest BCUT2D eigenvalue weighted by molar-refractivity contribution is 0.0912. The first kappa shape index (κ1) is 14.5. The molecular formula is C17H22N2O. The third-order valence-electron chi connectivity index (χ3n) is 3.87. The molecule has 1 atom stereocenters. The summed E-state index contributed by atoms with van der Waals surface area (Å²) in [5.74, 6) is 0.140. The van der Waals surface area contributed by atoms with E-state index in [1.807, 2.05) is 48.9 Å². The zero-order chi connectivity index (χ0) is 14.7. The van der Waals surface area contributed by atoms with Crippen molar-refractivity contribution in [3.8, 4) is 0 Å². The SMILES string of the molecule is CCc1c(C)nn(C(CC)C(=O)c2ccccc2)c1C. The lowest BCUT2D eigenvalue weighted by Crippen LogP contribution is -2.21. The number of Topliss-reactive ketones (excluding diaryl/α,β-unsaturated/α-hetero) is 1. The maximum absolute atomic E-state index is 12.7. The van der Waals surface area contributed by atoms with Crippen LogP contribution >= 0.6 is 0 Å². The van der Waals surface area contributed by atoms with E-state index in [0.717, 1.165) is 29.8 Å². The molecular weight excluding hydrogens is 248 g/mol. The Morgan fingerprint density at radius 2 is 1.85 bits per heavy atom. The highest BCUT2D eigenvalue weighted by molar-refractivity contribution is 5.98. The molecule has 20 heavy (non-hydrogen) atoms. The molecule has 3 heteroatoms. The average Bonchev–Trinajstić information content (AvgIpc) is 2.75. The van der Waals surface area contributed by atoms with Crippen LogP contribution in [-0.2, 0) is 6.42 Å². The number of hydrogen-bond donors (Lipinski definition) is 0. The Morgan fingerprint density at radius 1 is 1.20 bits per heavy atom. The zero-order valence-corrected chi connectivity index (χ0v) is 12.7. The highest BCUT2D eigenvalue weighted by atomic mass is 16.1. The topological polar surface area (TPSA) is 34.9 Å². The van der Waals surface area contributed by atoms with Crippen molar-refractivity contribution in [3.05, 3.63) is 52.8 Å². The number of nitrogens with zero attached hydrogens (tertiary/aromatic N) is 2. The summed E-state index contributed by atoms with van der Waals surface area (Å²) in [7, 11) is 0. The number of rotatable bonds is 5. The molecule has 0 fully saturated rings. The molecule has 2 aromatic rings. The number of aryl methyl sites for hydroxylation is 1. The van der Waals surface area contributed by atoms with Crippen LogP contribution in [0.1, 0.15) is 53.6 Å². The van der Waals surface area contributed by atoms with E-state index in [0.29, 0.717) is 0 Å². The number of carbonyl (C=O) groups is 1. The summed E-state index contributed by atoms with van der Waals surface area (Å²) >= 11 is 0. The summed E-state index contributed by atoms with van der Waals surface area (Å²) in [4.78, 5) is 12.7. The maximum Gasteiger partial charge on any atom is 0.187 e. The van der Waals surface area contributed by atoms with Gasteiger partial charge in [-0.1, -0.05) is 44.2 Å². The van der Waals surface area contributed by atoms with Crippen molar-refractivity contribution in [2.24, 2.45) is 0 Å². The molecule has 0 saturated carbocycles. The molecule has 0 aliphatic carbocycles. The van der Waals surface area contributed by atoms with Crippen molar-refractivity contribution in [3.63, 3.8) is 0 Å². The smallest absolute Gasteiger partial charge is 0.187 e. The van der Waals surface area contributed by atoms with Gasteiger partial charge >= 0.3 is 0 Å². The second-order valence-corrected chi connectivity index (χ2v) is 5.10. The minimum absolute atomic E-state index is 0.140. The summed E-state index contributed by atoms with van der Waals surface area (Å²) in [5, 5.41) is 4.59. The Balaban J connectivity index is 2.41. The Kier molecular flexibility index (Phi) is 4.38. The van der Waals surface area contributed by atoms with Crippen LogP contribution < -0.4 is 0 Å². The second kappa shape index (κ2) is 6.04. The summed E-state index contributed by atoms with van der Waals surface area (Å²) in [6.07, 6.45) is 1.70. The average molecular weight is 270 g/mol. The van der Waals surface area contributed by atoms with Gasteiger partial charge in [0.1, 0.15) is 6.04 Å². The van der Waals surface area contributed by atoms with Crippen molar-refractivity contribution in [1.29, 1.82) is 0 Å². The molecule has 1 aromatic heterocycles. The van der Waals surface area contributed by atoms with Gasteiger partial charge in [0.25, 0.3) is 0 Å². The standard InChI is InChI=1S/C17H22N2O/c1-5-15-12(3)18-19(13(15)4)16(6-2)17(20)14-10-8-7-9-11-14/h7-11,16H,5-6H2,1-4H3. The molecule has 3 nitrogen and oxygen atoms in total. The first-order valence-corrected chi connectivity index (χ1v) is 7.23. The molecule has 1 unspecified atom stereocenters. The lowest BCUT2D eigenvalue weighted by Gasteiger charge is -2.16. The van der Waals surface area contributed by atoms with E-state index in [2.05, 4.69) is 18.9 Å². The minimum Gasteiger partial charge on any atom is -0.292 e. The summed E-state index contributed by atoms with van der Waals surface area (Å²) in [5.41, 5.74) is 4.15. The van der Waals surface area contributed by atoms with Gasteiger partial charge in [-0.3, -0.25) is 9.48 Å². The van der Waals surface area contributed by atoms with E-state index >= 15 is 0 Å². The van der Waals surface area contributed by atoms with Gasteiger partial charge in [0.2, 0.25) is 0 Å². The van der Waals surface area contributed by atoms with E-state index in [1.165, 1.54) is 5.56 Å². The van der Waals surface area contributed by atoms with Gasteiger partial charge < -0.3 is 0 Å². The predicted molar refractivity (Wildman–Crippen MR) is 81.2 cm³/mol. The monoisotopic (exact) mass is 270 g/mol. The Morgan fingerprint density at radius 3 is 2.35 bits per heavy atom. The molecule has 2 rings (SSSR count). The number of aromatic nitrogens is 2. The fourth-order valence-electron chi connectivity index (χ4n) is 2.78. The van der Waals surface area contributed by atoms with Gasteiger partial charge in [0.15, 0.2) is 5.78 Å². The van der Waals surface area contributed by atoms with E-state index < -0.39 is 0 Å². The van der Waals surface area contributed by atoms with Gasteiger partial charge in [-0.05, 0) is 32.3 Å².